The van der Waals surface area contributed by atoms with Gasteiger partial charge < -0.3 is 0 Å². The highest BCUT2D eigenvalue weighted by Gasteiger charge is 2.21. The van der Waals surface area contributed by atoms with Gasteiger partial charge in [0.25, 0.3) is 0 Å². The molecule has 0 saturated carbocycles. The van der Waals surface area contributed by atoms with Crippen molar-refractivity contribution >= 4 is 5.78 Å². The molecule has 0 fully saturated rings. The zero-order valence-corrected chi connectivity index (χ0v) is 13.6. The summed E-state index contributed by atoms with van der Waals surface area (Å²) in [6.07, 6.45) is 1.97. The molecule has 0 aliphatic carbocycles. The van der Waals surface area contributed by atoms with E-state index in [1.807, 2.05) is 12.3 Å². The second-order valence-corrected chi connectivity index (χ2v) is 6.10. The van der Waals surface area contributed by atoms with E-state index < -0.39 is 0 Å². The monoisotopic (exact) mass is 282 g/mol. The summed E-state index contributed by atoms with van der Waals surface area (Å²) in [5, 5.41) is 0. The van der Waals surface area contributed by atoms with Crippen LogP contribution in [0.4, 0.5) is 0 Å². The van der Waals surface area contributed by atoms with Gasteiger partial charge in [-0.15, -0.1) is 0 Å². The van der Waals surface area contributed by atoms with Gasteiger partial charge in [-0.25, -0.2) is 0 Å². The summed E-state index contributed by atoms with van der Waals surface area (Å²) in [6, 6.07) is 12.8. The molecule has 0 aliphatic heterocycles. The Kier molecular flexibility index (Phi) is 4.56. The molecule has 0 bridgehead atoms. The second kappa shape index (κ2) is 6.21. The first-order chi connectivity index (χ1) is 9.91. The van der Waals surface area contributed by atoms with Crippen molar-refractivity contribution in [3.05, 3.63) is 53.7 Å². The molecule has 0 saturated heterocycles. The minimum atomic E-state index is 0.105. The number of ketones is 1. The highest BCUT2D eigenvalue weighted by atomic mass is 16.1. The van der Waals surface area contributed by atoms with E-state index in [0.717, 1.165) is 5.56 Å². The highest BCUT2D eigenvalue weighted by Crippen LogP contribution is 2.27. The number of Topliss-reactive ketones (excluding diaryl/α,β-unsaturated/α-hetero) is 1. The molecule has 0 amide bonds. The van der Waals surface area contributed by atoms with Gasteiger partial charge in [-0.2, -0.15) is 4.57 Å². The summed E-state index contributed by atoms with van der Waals surface area (Å²) in [5.74, 6) is 0.572. The summed E-state index contributed by atoms with van der Waals surface area (Å²) in [5.41, 5.74) is 4.51. The van der Waals surface area contributed by atoms with Gasteiger partial charge in [0.1, 0.15) is 0 Å². The van der Waals surface area contributed by atoms with Gasteiger partial charge >= 0.3 is 0 Å². The van der Waals surface area contributed by atoms with E-state index in [-0.39, 0.29) is 5.78 Å². The Morgan fingerprint density at radius 1 is 1.00 bits per heavy atom. The molecule has 0 atom stereocenters. The van der Waals surface area contributed by atoms with Gasteiger partial charge in [0.15, 0.2) is 18.0 Å². The molecule has 2 rings (SSSR count). The molecular weight excluding hydrogens is 258 g/mol. The van der Waals surface area contributed by atoms with E-state index >= 15 is 0 Å². The van der Waals surface area contributed by atoms with Crippen LogP contribution in [-0.2, 0) is 0 Å². The molecular formula is C19H24NO+. The molecule has 1 aromatic carbocycles. The lowest BCUT2D eigenvalue weighted by atomic mass is 9.94. The first kappa shape index (κ1) is 15.4. The molecule has 0 aliphatic rings. The fraction of sp³-hybridized carbons (Fsp3) is 0.368. The van der Waals surface area contributed by atoms with Crippen LogP contribution in [0.15, 0.2) is 42.6 Å². The molecule has 0 unspecified atom stereocenters. The third-order valence-corrected chi connectivity index (χ3v) is 3.80. The minimum absolute atomic E-state index is 0.105. The van der Waals surface area contributed by atoms with Gasteiger partial charge in [0, 0.05) is 11.6 Å². The van der Waals surface area contributed by atoms with Crippen LogP contribution in [-0.4, -0.2) is 5.78 Å². The maximum atomic E-state index is 11.6. The molecule has 0 spiro atoms. The Hall–Kier alpha value is -1.96. The summed E-state index contributed by atoms with van der Waals surface area (Å²) in [4.78, 5) is 11.6. The fourth-order valence-electron chi connectivity index (χ4n) is 2.62. The van der Waals surface area contributed by atoms with Crippen LogP contribution in [0.1, 0.15) is 62.5 Å². The lowest BCUT2D eigenvalue weighted by Crippen LogP contribution is -2.39. The Balaban J connectivity index is 2.67. The largest absolute Gasteiger partial charge is 0.294 e. The van der Waals surface area contributed by atoms with Crippen molar-refractivity contribution in [2.45, 2.75) is 46.6 Å². The molecule has 1 heterocycles. The first-order valence-corrected chi connectivity index (χ1v) is 7.57. The summed E-state index contributed by atoms with van der Waals surface area (Å²) < 4.78 is 2.19. The Morgan fingerprint density at radius 3 is 2.24 bits per heavy atom. The molecule has 1 aromatic heterocycles. The average molecular weight is 282 g/mol. The van der Waals surface area contributed by atoms with Crippen LogP contribution in [0.3, 0.4) is 0 Å². The van der Waals surface area contributed by atoms with Gasteiger partial charge in [-0.3, -0.25) is 4.79 Å². The maximum absolute atomic E-state index is 11.6. The lowest BCUT2D eigenvalue weighted by molar-refractivity contribution is -0.705. The smallest absolute Gasteiger partial charge is 0.213 e. The average Bonchev–Trinajstić information content (AvgIpc) is 2.46. The SMILES string of the molecule is CC(=O)c1ccc(-c2ccccc2C(C)C)[n+](C(C)C)c1. The molecule has 2 aromatic rings. The molecule has 110 valence electrons. The van der Waals surface area contributed by atoms with Crippen LogP contribution in [0.5, 0.6) is 0 Å². The van der Waals surface area contributed by atoms with E-state index in [1.165, 1.54) is 16.8 Å². The van der Waals surface area contributed by atoms with E-state index in [0.29, 0.717) is 12.0 Å². The zero-order valence-electron chi connectivity index (χ0n) is 13.6. The Bertz CT molecular complexity index is 656. The van der Waals surface area contributed by atoms with E-state index in [9.17, 15) is 4.79 Å². The topological polar surface area (TPSA) is 20.9 Å². The minimum Gasteiger partial charge on any atom is -0.294 e. The lowest BCUT2D eigenvalue weighted by Gasteiger charge is -2.14. The predicted molar refractivity (Wildman–Crippen MR) is 86.6 cm³/mol. The predicted octanol–water partition coefficient (Wildman–Crippen LogP) is 4.55. The van der Waals surface area contributed by atoms with Crippen LogP contribution in [0.2, 0.25) is 0 Å². The van der Waals surface area contributed by atoms with Crippen LogP contribution in [0.25, 0.3) is 11.3 Å². The number of hydrogen-bond donors (Lipinski definition) is 0. The third-order valence-electron chi connectivity index (χ3n) is 3.80. The van der Waals surface area contributed by atoms with Crippen LogP contribution >= 0.6 is 0 Å². The Morgan fingerprint density at radius 2 is 1.67 bits per heavy atom. The van der Waals surface area contributed by atoms with Crippen LogP contribution < -0.4 is 4.57 Å². The van der Waals surface area contributed by atoms with Gasteiger partial charge in [-0.1, -0.05) is 32.0 Å². The standard InChI is InChI=1S/C19H24NO/c1-13(2)17-8-6-7-9-18(17)19-11-10-16(15(5)21)12-20(19)14(3)4/h6-14H,1-5H3/q+1. The molecule has 21 heavy (non-hydrogen) atoms. The number of benzene rings is 1. The molecule has 2 heteroatoms. The summed E-state index contributed by atoms with van der Waals surface area (Å²) in [6.45, 7) is 10.3. The van der Waals surface area contributed by atoms with Crippen molar-refractivity contribution in [3.8, 4) is 11.3 Å². The van der Waals surface area contributed by atoms with Crippen molar-refractivity contribution in [3.63, 3.8) is 0 Å². The quantitative estimate of drug-likeness (QED) is 0.595. The number of aromatic nitrogens is 1. The number of hydrogen-bond acceptors (Lipinski definition) is 1. The molecule has 0 radical (unpaired) electrons. The van der Waals surface area contributed by atoms with E-state index in [2.05, 4.69) is 62.6 Å². The van der Waals surface area contributed by atoms with E-state index in [1.54, 1.807) is 6.92 Å². The zero-order chi connectivity index (χ0) is 15.6. The number of carbonyl (C=O) groups is 1. The van der Waals surface area contributed by atoms with Gasteiger partial charge in [-0.05, 0) is 44.4 Å². The first-order valence-electron chi connectivity index (χ1n) is 7.57. The van der Waals surface area contributed by atoms with Crippen molar-refractivity contribution in [1.29, 1.82) is 0 Å². The second-order valence-electron chi connectivity index (χ2n) is 6.10. The number of rotatable bonds is 4. The van der Waals surface area contributed by atoms with Gasteiger partial charge in [0.2, 0.25) is 5.69 Å². The van der Waals surface area contributed by atoms with Crippen LogP contribution in [0, 0.1) is 0 Å². The van der Waals surface area contributed by atoms with Crippen molar-refractivity contribution in [2.24, 2.45) is 0 Å². The maximum Gasteiger partial charge on any atom is 0.213 e. The number of nitrogens with zero attached hydrogens (tertiary/aromatic N) is 1. The molecule has 0 N–H and O–H groups in total. The number of carbonyl (C=O) groups excluding carboxylic acids is 1. The third kappa shape index (κ3) is 3.21. The van der Waals surface area contributed by atoms with Crippen molar-refractivity contribution in [1.82, 2.24) is 0 Å². The summed E-state index contributed by atoms with van der Waals surface area (Å²) in [7, 11) is 0. The normalized spacial score (nSPS) is 11.2. The van der Waals surface area contributed by atoms with Gasteiger partial charge in [0.05, 0.1) is 5.56 Å². The van der Waals surface area contributed by atoms with Crippen molar-refractivity contribution in [2.75, 3.05) is 0 Å². The van der Waals surface area contributed by atoms with E-state index in [4.69, 9.17) is 0 Å². The fourth-order valence-corrected chi connectivity index (χ4v) is 2.62. The Labute approximate surface area is 127 Å². The summed E-state index contributed by atoms with van der Waals surface area (Å²) >= 11 is 0. The van der Waals surface area contributed by atoms with Crippen molar-refractivity contribution < 1.29 is 9.36 Å². The number of pyridine rings is 1. The highest BCUT2D eigenvalue weighted by molar-refractivity contribution is 5.93. The molecule has 2 nitrogen and oxygen atoms in total.